The number of hydrogen-bond acceptors (Lipinski definition) is 6. The van der Waals surface area contributed by atoms with E-state index in [4.69, 9.17) is 4.52 Å². The molecular weight excluding hydrogens is 509 g/mol. The van der Waals surface area contributed by atoms with E-state index < -0.39 is 0 Å². The number of hydrogen-bond donors (Lipinski definition) is 3. The second kappa shape index (κ2) is 11.4. The lowest BCUT2D eigenvalue weighted by atomic mass is 9.85. The van der Waals surface area contributed by atoms with Crippen molar-refractivity contribution in [1.82, 2.24) is 31.1 Å². The molecule has 2 atom stereocenters. The van der Waals surface area contributed by atoms with E-state index in [9.17, 15) is 4.79 Å². The summed E-state index contributed by atoms with van der Waals surface area (Å²) in [6.45, 7) is 0.624. The van der Waals surface area contributed by atoms with Crippen LogP contribution in [0.4, 0.5) is 0 Å². The molecule has 4 rings (SSSR count). The monoisotopic (exact) mass is 539 g/mol. The van der Waals surface area contributed by atoms with Crippen LogP contribution in [0.25, 0.3) is 11.6 Å². The zero-order valence-corrected chi connectivity index (χ0v) is 20.0. The highest BCUT2D eigenvalue weighted by Gasteiger charge is 2.31. The summed E-state index contributed by atoms with van der Waals surface area (Å²) in [6.07, 6.45) is 8.47. The Hall–Kier alpha value is -2.24. The minimum absolute atomic E-state index is 0. The average Bonchev–Trinajstić information content (AvgIpc) is 3.47. The van der Waals surface area contributed by atoms with Crippen LogP contribution in [0.1, 0.15) is 44.3 Å². The smallest absolute Gasteiger partial charge is 0.276 e. The van der Waals surface area contributed by atoms with Gasteiger partial charge in [-0.3, -0.25) is 14.8 Å². The summed E-state index contributed by atoms with van der Waals surface area (Å²) in [5.74, 6) is 2.09. The van der Waals surface area contributed by atoms with Gasteiger partial charge in [0.25, 0.3) is 5.89 Å². The summed E-state index contributed by atoms with van der Waals surface area (Å²) < 4.78 is 5.29. The fraction of sp³-hybridized carbons (Fsp3) is 0.571. The summed E-state index contributed by atoms with van der Waals surface area (Å²) >= 11 is 0. The first-order valence-electron chi connectivity index (χ1n) is 10.7. The van der Waals surface area contributed by atoms with Crippen LogP contribution in [0.5, 0.6) is 0 Å². The Morgan fingerprint density at radius 3 is 2.81 bits per heavy atom. The molecule has 0 saturated heterocycles. The third-order valence-electron chi connectivity index (χ3n) is 5.53. The number of guanidine groups is 1. The summed E-state index contributed by atoms with van der Waals surface area (Å²) in [6, 6.07) is 6.24. The molecule has 0 spiro atoms. The lowest BCUT2D eigenvalue weighted by Crippen LogP contribution is -2.47. The van der Waals surface area contributed by atoms with Gasteiger partial charge in [-0.25, -0.2) is 0 Å². The van der Waals surface area contributed by atoms with Gasteiger partial charge in [0.1, 0.15) is 5.69 Å². The molecule has 2 fully saturated rings. The minimum Gasteiger partial charge on any atom is -0.356 e. The van der Waals surface area contributed by atoms with Crippen LogP contribution in [0.15, 0.2) is 33.9 Å². The Labute approximate surface area is 199 Å². The first-order chi connectivity index (χ1) is 14.7. The van der Waals surface area contributed by atoms with Crippen molar-refractivity contribution in [2.75, 3.05) is 13.6 Å². The molecule has 2 saturated carbocycles. The molecule has 2 aromatic heterocycles. The van der Waals surface area contributed by atoms with Gasteiger partial charge in [0.05, 0.1) is 0 Å². The third kappa shape index (κ3) is 6.88. The maximum atomic E-state index is 12.4. The second-order valence-corrected chi connectivity index (χ2v) is 7.97. The first-order valence-corrected chi connectivity index (χ1v) is 10.7. The largest absolute Gasteiger partial charge is 0.356 e. The van der Waals surface area contributed by atoms with Crippen LogP contribution >= 0.6 is 24.0 Å². The number of pyridine rings is 1. The zero-order chi connectivity index (χ0) is 20.8. The minimum atomic E-state index is 0. The van der Waals surface area contributed by atoms with Crippen molar-refractivity contribution in [3.8, 4) is 11.6 Å². The quantitative estimate of drug-likeness (QED) is 0.281. The third-order valence-corrected chi connectivity index (χ3v) is 5.53. The molecule has 3 N–H and O–H groups in total. The predicted octanol–water partition coefficient (Wildman–Crippen LogP) is 2.29. The molecule has 0 bridgehead atoms. The van der Waals surface area contributed by atoms with E-state index in [2.05, 4.69) is 36.1 Å². The van der Waals surface area contributed by atoms with Crippen LogP contribution in [0.3, 0.4) is 0 Å². The number of nitrogens with zero attached hydrogens (tertiary/aromatic N) is 4. The molecule has 1 amide bonds. The van der Waals surface area contributed by atoms with Crippen LogP contribution in [0, 0.1) is 5.92 Å². The molecule has 0 aromatic carbocycles. The first kappa shape index (κ1) is 23.4. The molecule has 2 heterocycles. The molecule has 2 unspecified atom stereocenters. The van der Waals surface area contributed by atoms with Crippen molar-refractivity contribution in [2.45, 2.75) is 57.0 Å². The summed E-state index contributed by atoms with van der Waals surface area (Å²) in [5, 5.41) is 13.9. The van der Waals surface area contributed by atoms with E-state index >= 15 is 0 Å². The lowest BCUT2D eigenvalue weighted by Gasteiger charge is -2.30. The molecule has 2 aliphatic carbocycles. The van der Waals surface area contributed by atoms with Crippen LogP contribution in [0.2, 0.25) is 0 Å². The highest BCUT2D eigenvalue weighted by Crippen LogP contribution is 2.26. The molecule has 0 radical (unpaired) electrons. The fourth-order valence-corrected chi connectivity index (χ4v) is 3.74. The van der Waals surface area contributed by atoms with E-state index in [1.807, 2.05) is 18.2 Å². The highest BCUT2D eigenvalue weighted by atomic mass is 127. The number of amides is 1. The van der Waals surface area contributed by atoms with Crippen LogP contribution in [-0.2, 0) is 11.2 Å². The van der Waals surface area contributed by atoms with Crippen molar-refractivity contribution in [1.29, 1.82) is 0 Å². The van der Waals surface area contributed by atoms with Gasteiger partial charge >= 0.3 is 0 Å². The van der Waals surface area contributed by atoms with E-state index in [0.29, 0.717) is 36.4 Å². The lowest BCUT2D eigenvalue weighted by molar-refractivity contribution is -0.126. The standard InChI is InChI=1S/C21H29N7O2.HI/c1-22-21(26-16-6-4-5-14(13-16)19(29)25-15-8-9-15)24-12-10-18-27-20(30-28-18)17-7-2-3-11-23-17;/h2-3,7,11,14-16H,4-6,8-10,12-13H2,1H3,(H,25,29)(H2,22,24,26);1H. The Morgan fingerprint density at radius 2 is 2.06 bits per heavy atom. The van der Waals surface area contributed by atoms with Gasteiger partial charge in [0.15, 0.2) is 11.8 Å². The average molecular weight is 539 g/mol. The number of aliphatic imine (C=N–C) groups is 1. The maximum Gasteiger partial charge on any atom is 0.276 e. The fourth-order valence-electron chi connectivity index (χ4n) is 3.74. The van der Waals surface area contributed by atoms with Gasteiger partial charge in [0, 0.05) is 44.2 Å². The van der Waals surface area contributed by atoms with Gasteiger partial charge < -0.3 is 20.5 Å². The second-order valence-electron chi connectivity index (χ2n) is 7.97. The van der Waals surface area contributed by atoms with Crippen molar-refractivity contribution in [2.24, 2.45) is 10.9 Å². The molecular formula is C21H30IN7O2. The number of nitrogens with one attached hydrogen (secondary N) is 3. The van der Waals surface area contributed by atoms with Crippen LogP contribution < -0.4 is 16.0 Å². The van der Waals surface area contributed by atoms with Crippen LogP contribution in [-0.4, -0.2) is 52.7 Å². The summed E-state index contributed by atoms with van der Waals surface area (Å²) in [4.78, 5) is 25.3. The number of rotatable bonds is 7. The molecule has 9 nitrogen and oxygen atoms in total. The number of halogens is 1. The molecule has 10 heteroatoms. The Morgan fingerprint density at radius 1 is 1.19 bits per heavy atom. The number of carbonyl (C=O) groups excluding carboxylic acids is 1. The van der Waals surface area contributed by atoms with E-state index in [1.165, 1.54) is 0 Å². The molecule has 0 aliphatic heterocycles. The Kier molecular flexibility index (Phi) is 8.61. The van der Waals surface area contributed by atoms with Crippen molar-refractivity contribution in [3.05, 3.63) is 30.2 Å². The van der Waals surface area contributed by atoms with Gasteiger partial charge in [-0.2, -0.15) is 4.98 Å². The Balaban J connectivity index is 0.00000272. The van der Waals surface area contributed by atoms with Crippen molar-refractivity contribution in [3.63, 3.8) is 0 Å². The topological polar surface area (TPSA) is 117 Å². The zero-order valence-electron chi connectivity index (χ0n) is 17.7. The number of aromatic nitrogens is 3. The molecule has 2 aromatic rings. The molecule has 2 aliphatic rings. The summed E-state index contributed by atoms with van der Waals surface area (Å²) in [5.41, 5.74) is 0.666. The van der Waals surface area contributed by atoms with Gasteiger partial charge in [-0.05, 0) is 44.2 Å². The van der Waals surface area contributed by atoms with Gasteiger partial charge in [0.2, 0.25) is 5.91 Å². The van der Waals surface area contributed by atoms with Gasteiger partial charge in [-0.15, -0.1) is 24.0 Å². The highest BCUT2D eigenvalue weighted by molar-refractivity contribution is 14.0. The maximum absolute atomic E-state index is 12.4. The molecule has 31 heavy (non-hydrogen) atoms. The van der Waals surface area contributed by atoms with E-state index in [-0.39, 0.29) is 41.8 Å². The van der Waals surface area contributed by atoms with E-state index in [1.54, 1.807) is 13.2 Å². The molecule has 168 valence electrons. The normalized spacial score (nSPS) is 21.1. The van der Waals surface area contributed by atoms with Crippen molar-refractivity contribution >= 4 is 35.8 Å². The summed E-state index contributed by atoms with van der Waals surface area (Å²) in [7, 11) is 1.75. The SMILES string of the molecule is CN=C(NCCc1noc(-c2ccccn2)n1)NC1CCCC(C(=O)NC2CC2)C1.I. The van der Waals surface area contributed by atoms with Gasteiger partial charge in [-0.1, -0.05) is 17.6 Å². The number of carbonyl (C=O) groups is 1. The predicted molar refractivity (Wildman–Crippen MR) is 128 cm³/mol. The van der Waals surface area contributed by atoms with E-state index in [0.717, 1.165) is 44.5 Å². The Bertz CT molecular complexity index is 870. The van der Waals surface area contributed by atoms with Crippen molar-refractivity contribution < 1.29 is 9.32 Å².